The molecule has 0 spiro atoms. The Bertz CT molecular complexity index is 960. The molecule has 0 aliphatic carbocycles. The molecule has 2 N–H and O–H groups in total. The van der Waals surface area contributed by atoms with Gasteiger partial charge in [0.15, 0.2) is 11.7 Å². The van der Waals surface area contributed by atoms with E-state index in [4.69, 9.17) is 4.74 Å². The Morgan fingerprint density at radius 3 is 3.08 bits per heavy atom. The smallest absolute Gasteiger partial charge is 0.331 e. The van der Waals surface area contributed by atoms with Crippen LogP contribution in [-0.4, -0.2) is 37.4 Å². The van der Waals surface area contributed by atoms with Crippen molar-refractivity contribution in [2.24, 2.45) is 0 Å². The molecule has 2 heterocycles. The third kappa shape index (κ3) is 2.76. The van der Waals surface area contributed by atoms with Crippen LogP contribution in [0.3, 0.4) is 0 Å². The molecule has 0 aliphatic heterocycles. The molecule has 3 rings (SSSR count). The van der Waals surface area contributed by atoms with Crippen LogP contribution in [0.5, 0.6) is 5.75 Å². The number of carboxylic acid groups (broad SMARTS) is 1. The van der Waals surface area contributed by atoms with E-state index in [2.05, 4.69) is 21.8 Å². The van der Waals surface area contributed by atoms with Gasteiger partial charge >= 0.3 is 5.97 Å². The summed E-state index contributed by atoms with van der Waals surface area (Å²) in [6.07, 6.45) is 4.10. The Balaban J connectivity index is 2.09. The molecule has 122 valence electrons. The fourth-order valence-corrected chi connectivity index (χ4v) is 2.38. The van der Waals surface area contributed by atoms with Gasteiger partial charge in [-0.2, -0.15) is 5.10 Å². The lowest BCUT2D eigenvalue weighted by atomic mass is 10.1. The van der Waals surface area contributed by atoms with Gasteiger partial charge in [0.1, 0.15) is 24.1 Å². The van der Waals surface area contributed by atoms with Gasteiger partial charge in [-0.15, -0.1) is 0 Å². The van der Waals surface area contributed by atoms with Crippen LogP contribution >= 0.6 is 0 Å². The second-order valence-electron chi connectivity index (χ2n) is 5.00. The van der Waals surface area contributed by atoms with Crippen LogP contribution in [0.25, 0.3) is 11.0 Å². The summed E-state index contributed by atoms with van der Waals surface area (Å²) in [5.41, 5.74) is 0.220. The Morgan fingerprint density at radius 2 is 2.33 bits per heavy atom. The van der Waals surface area contributed by atoms with Crippen LogP contribution in [0.2, 0.25) is 0 Å². The third-order valence-corrected chi connectivity index (χ3v) is 3.45. The molecule has 8 heteroatoms. The number of nitrogens with zero attached hydrogens (tertiary/aromatic N) is 3. The summed E-state index contributed by atoms with van der Waals surface area (Å²) in [4.78, 5) is 28.3. The topological polar surface area (TPSA) is 110 Å². The van der Waals surface area contributed by atoms with Crippen molar-refractivity contribution in [3.05, 3.63) is 65.4 Å². The minimum absolute atomic E-state index is 0.225. The molecule has 3 aromatic rings. The number of fused-ring (bicyclic) bond motifs is 1. The second kappa shape index (κ2) is 6.37. The lowest BCUT2D eigenvalue weighted by molar-refractivity contribution is -0.139. The number of H-pyrrole nitrogens is 1. The van der Waals surface area contributed by atoms with E-state index in [0.717, 1.165) is 4.57 Å². The second-order valence-corrected chi connectivity index (χ2v) is 5.00. The SMILES string of the molecule is C=CCOc1cccc(C(C(=O)O)n2cnc3[nH]ncc3c2=O)c1. The van der Waals surface area contributed by atoms with Gasteiger partial charge in [-0.25, -0.2) is 9.78 Å². The minimum Gasteiger partial charge on any atom is -0.490 e. The van der Waals surface area contributed by atoms with E-state index in [1.165, 1.54) is 12.5 Å². The molecule has 0 aliphatic rings. The Morgan fingerprint density at radius 1 is 1.50 bits per heavy atom. The van der Waals surface area contributed by atoms with E-state index in [-0.39, 0.29) is 5.39 Å². The molecule has 1 aromatic carbocycles. The Labute approximate surface area is 136 Å². The molecule has 0 radical (unpaired) electrons. The summed E-state index contributed by atoms with van der Waals surface area (Å²) in [5, 5.41) is 16.2. The largest absolute Gasteiger partial charge is 0.490 e. The highest BCUT2D eigenvalue weighted by Crippen LogP contribution is 2.22. The first-order chi connectivity index (χ1) is 11.6. The van der Waals surface area contributed by atoms with Crippen LogP contribution in [0.4, 0.5) is 0 Å². The summed E-state index contributed by atoms with van der Waals surface area (Å²) in [6, 6.07) is 5.33. The zero-order valence-electron chi connectivity index (χ0n) is 12.5. The van der Waals surface area contributed by atoms with E-state index < -0.39 is 17.6 Å². The van der Waals surface area contributed by atoms with Crippen molar-refractivity contribution < 1.29 is 14.6 Å². The summed E-state index contributed by atoms with van der Waals surface area (Å²) in [5.74, 6) is -0.688. The van der Waals surface area contributed by atoms with Crippen LogP contribution in [0.15, 0.2) is 54.2 Å². The van der Waals surface area contributed by atoms with Gasteiger partial charge in [0.25, 0.3) is 5.56 Å². The predicted molar refractivity (Wildman–Crippen MR) is 86.1 cm³/mol. The standard InChI is InChI=1S/C16H14N4O4/c1-2-6-24-11-5-3-4-10(7-11)13(16(22)23)20-9-17-14-12(15(20)21)8-18-19-14/h2-5,7-9,13H,1,6H2,(H,18,19)(H,22,23). The third-order valence-electron chi connectivity index (χ3n) is 3.45. The molecular weight excluding hydrogens is 312 g/mol. The quantitative estimate of drug-likeness (QED) is 0.662. The highest BCUT2D eigenvalue weighted by atomic mass is 16.5. The maximum absolute atomic E-state index is 12.5. The average molecular weight is 326 g/mol. The number of carbonyl (C=O) groups is 1. The highest BCUT2D eigenvalue weighted by Gasteiger charge is 2.24. The molecule has 1 atom stereocenters. The number of nitrogens with one attached hydrogen (secondary N) is 1. The number of rotatable bonds is 6. The average Bonchev–Trinajstić information content (AvgIpc) is 3.05. The van der Waals surface area contributed by atoms with E-state index in [1.54, 1.807) is 30.3 Å². The lowest BCUT2D eigenvalue weighted by Crippen LogP contribution is -2.30. The fourth-order valence-electron chi connectivity index (χ4n) is 2.38. The molecule has 0 amide bonds. The molecule has 24 heavy (non-hydrogen) atoms. The van der Waals surface area contributed by atoms with Crippen LogP contribution in [0, 0.1) is 0 Å². The van der Waals surface area contributed by atoms with Crippen molar-refractivity contribution in [3.63, 3.8) is 0 Å². The van der Waals surface area contributed by atoms with Crippen molar-refractivity contribution in [1.29, 1.82) is 0 Å². The Kier molecular flexibility index (Phi) is 4.11. The summed E-state index contributed by atoms with van der Waals surface area (Å²) < 4.78 is 6.48. The Hall–Kier alpha value is -3.42. The van der Waals surface area contributed by atoms with E-state index in [0.29, 0.717) is 23.6 Å². The molecule has 0 fully saturated rings. The van der Waals surface area contributed by atoms with Gasteiger partial charge in [0, 0.05) is 0 Å². The van der Waals surface area contributed by atoms with Gasteiger partial charge < -0.3 is 9.84 Å². The fraction of sp³-hybridized carbons (Fsp3) is 0.125. The first kappa shape index (κ1) is 15.5. The van der Waals surface area contributed by atoms with Gasteiger partial charge in [0.2, 0.25) is 0 Å². The van der Waals surface area contributed by atoms with Crippen LogP contribution < -0.4 is 10.3 Å². The zero-order valence-corrected chi connectivity index (χ0v) is 12.5. The van der Waals surface area contributed by atoms with Crippen LogP contribution in [-0.2, 0) is 4.79 Å². The van der Waals surface area contributed by atoms with Gasteiger partial charge in [-0.05, 0) is 17.7 Å². The molecule has 0 bridgehead atoms. The number of aromatic nitrogens is 4. The monoisotopic (exact) mass is 326 g/mol. The summed E-state index contributed by atoms with van der Waals surface area (Å²) >= 11 is 0. The van der Waals surface area contributed by atoms with Gasteiger partial charge in [-0.3, -0.25) is 14.5 Å². The molecule has 0 saturated carbocycles. The number of benzene rings is 1. The number of hydrogen-bond acceptors (Lipinski definition) is 5. The lowest BCUT2D eigenvalue weighted by Gasteiger charge is -2.16. The molecule has 0 saturated heterocycles. The highest BCUT2D eigenvalue weighted by molar-refractivity contribution is 5.77. The van der Waals surface area contributed by atoms with Crippen molar-refractivity contribution in [3.8, 4) is 5.75 Å². The molecule has 8 nitrogen and oxygen atoms in total. The summed E-state index contributed by atoms with van der Waals surface area (Å²) in [6.45, 7) is 3.86. The summed E-state index contributed by atoms with van der Waals surface area (Å²) in [7, 11) is 0. The van der Waals surface area contributed by atoms with Crippen molar-refractivity contribution in [2.45, 2.75) is 6.04 Å². The van der Waals surface area contributed by atoms with Crippen molar-refractivity contribution >= 4 is 17.0 Å². The first-order valence-electron chi connectivity index (χ1n) is 7.08. The molecule has 1 unspecified atom stereocenters. The number of aromatic amines is 1. The van der Waals surface area contributed by atoms with Gasteiger partial charge in [0.05, 0.1) is 6.20 Å². The minimum atomic E-state index is -1.23. The maximum Gasteiger partial charge on any atom is 0.331 e. The van der Waals surface area contributed by atoms with E-state index >= 15 is 0 Å². The number of carboxylic acids is 1. The zero-order chi connectivity index (χ0) is 17.1. The van der Waals surface area contributed by atoms with E-state index in [1.807, 2.05) is 0 Å². The molecular formula is C16H14N4O4. The molecule has 2 aromatic heterocycles. The van der Waals surface area contributed by atoms with Crippen molar-refractivity contribution in [2.75, 3.05) is 6.61 Å². The number of aliphatic carboxylic acids is 1. The number of ether oxygens (including phenoxy) is 1. The van der Waals surface area contributed by atoms with Crippen LogP contribution in [0.1, 0.15) is 11.6 Å². The maximum atomic E-state index is 12.5. The van der Waals surface area contributed by atoms with E-state index in [9.17, 15) is 14.7 Å². The van der Waals surface area contributed by atoms with Crippen molar-refractivity contribution in [1.82, 2.24) is 19.7 Å². The predicted octanol–water partition coefficient (Wildman–Crippen LogP) is 1.36. The normalized spacial score (nSPS) is 12.0. The van der Waals surface area contributed by atoms with Gasteiger partial charge in [-0.1, -0.05) is 24.8 Å². The first-order valence-corrected chi connectivity index (χ1v) is 7.08. The number of hydrogen-bond donors (Lipinski definition) is 2.